The quantitative estimate of drug-likeness (QED) is 0.849. The van der Waals surface area contributed by atoms with E-state index in [0.29, 0.717) is 18.7 Å². The van der Waals surface area contributed by atoms with Crippen molar-refractivity contribution in [2.45, 2.75) is 49.6 Å². The second kappa shape index (κ2) is 6.61. The Hall–Kier alpha value is -1.40. The monoisotopic (exact) mass is 337 g/mol. The van der Waals surface area contributed by atoms with Crippen LogP contribution < -0.4 is 0 Å². The number of sulfone groups is 1. The Labute approximate surface area is 137 Å². The van der Waals surface area contributed by atoms with Crippen LogP contribution >= 0.6 is 0 Å². The summed E-state index contributed by atoms with van der Waals surface area (Å²) in [5.41, 5.74) is 0.292. The minimum atomic E-state index is -3.42. The molecule has 0 radical (unpaired) electrons. The number of benzene rings is 1. The molecule has 23 heavy (non-hydrogen) atoms. The number of nitrogens with zero attached hydrogens (tertiary/aromatic N) is 1. The van der Waals surface area contributed by atoms with Gasteiger partial charge < -0.3 is 9.64 Å². The Morgan fingerprint density at radius 2 is 2.00 bits per heavy atom. The molecule has 5 nitrogen and oxygen atoms in total. The Bertz CT molecular complexity index is 684. The summed E-state index contributed by atoms with van der Waals surface area (Å²) in [6, 6.07) is 6.62. The lowest BCUT2D eigenvalue weighted by molar-refractivity contribution is -0.0753. The zero-order valence-corrected chi connectivity index (χ0v) is 14.2. The smallest absolute Gasteiger partial charge is 0.255 e. The van der Waals surface area contributed by atoms with Gasteiger partial charge in [-0.2, -0.15) is 0 Å². The number of hydrogen-bond donors (Lipinski definition) is 0. The summed E-state index contributed by atoms with van der Waals surface area (Å²) < 4.78 is 30.4. The van der Waals surface area contributed by atoms with E-state index in [9.17, 15) is 13.2 Å². The topological polar surface area (TPSA) is 63.7 Å². The first-order valence-corrected chi connectivity index (χ1v) is 9.94. The second-order valence-electron chi connectivity index (χ2n) is 6.16. The highest BCUT2D eigenvalue weighted by Gasteiger charge is 2.38. The van der Waals surface area contributed by atoms with E-state index in [1.807, 2.05) is 4.90 Å². The van der Waals surface area contributed by atoms with Crippen molar-refractivity contribution in [1.29, 1.82) is 0 Å². The van der Waals surface area contributed by atoms with Gasteiger partial charge in [0.25, 0.3) is 5.91 Å². The molecule has 2 fully saturated rings. The summed E-state index contributed by atoms with van der Waals surface area (Å²) in [6.45, 7) is 2.65. The second-order valence-corrected chi connectivity index (χ2v) is 8.41. The predicted molar refractivity (Wildman–Crippen MR) is 87.2 cm³/mol. The van der Waals surface area contributed by atoms with Crippen LogP contribution in [0.25, 0.3) is 0 Å². The van der Waals surface area contributed by atoms with Gasteiger partial charge in [-0.3, -0.25) is 4.79 Å². The van der Waals surface area contributed by atoms with Crippen molar-refractivity contribution in [2.75, 3.05) is 18.9 Å². The maximum Gasteiger partial charge on any atom is 0.255 e. The summed E-state index contributed by atoms with van der Waals surface area (Å²) in [7, 11) is -3.42. The molecule has 1 aromatic carbocycles. The van der Waals surface area contributed by atoms with E-state index < -0.39 is 9.84 Å². The first-order chi connectivity index (χ1) is 11.0. The summed E-state index contributed by atoms with van der Waals surface area (Å²) in [6.07, 6.45) is 4.21. The molecule has 2 aliphatic rings. The number of rotatable bonds is 3. The molecule has 3 rings (SSSR count). The van der Waals surface area contributed by atoms with Crippen LogP contribution in [-0.2, 0) is 14.6 Å². The van der Waals surface area contributed by atoms with E-state index >= 15 is 0 Å². The van der Waals surface area contributed by atoms with Crippen LogP contribution in [0.2, 0.25) is 0 Å². The molecule has 0 aromatic heterocycles. The molecule has 1 aliphatic carbocycles. The van der Waals surface area contributed by atoms with Gasteiger partial charge in [-0.05, 0) is 25.0 Å². The van der Waals surface area contributed by atoms with Crippen LogP contribution in [0, 0.1) is 0 Å². The molecule has 1 amide bonds. The fraction of sp³-hybridized carbons (Fsp3) is 0.588. The maximum absolute atomic E-state index is 13.0. The number of carbonyl (C=O) groups is 1. The molecule has 1 aromatic rings. The largest absolute Gasteiger partial charge is 0.374 e. The van der Waals surface area contributed by atoms with Crippen LogP contribution in [0.4, 0.5) is 0 Å². The van der Waals surface area contributed by atoms with E-state index in [4.69, 9.17) is 4.74 Å². The van der Waals surface area contributed by atoms with Gasteiger partial charge in [0.15, 0.2) is 9.84 Å². The molecule has 1 aliphatic heterocycles. The van der Waals surface area contributed by atoms with Crippen LogP contribution in [0.3, 0.4) is 0 Å². The molecule has 6 heteroatoms. The molecule has 1 saturated carbocycles. The Morgan fingerprint density at radius 1 is 1.26 bits per heavy atom. The number of hydrogen-bond acceptors (Lipinski definition) is 4. The van der Waals surface area contributed by atoms with Crippen LogP contribution in [0.5, 0.6) is 0 Å². The Kier molecular flexibility index (Phi) is 4.73. The molecule has 0 bridgehead atoms. The summed E-state index contributed by atoms with van der Waals surface area (Å²) in [5, 5.41) is 0. The molecular weight excluding hydrogens is 314 g/mol. The molecule has 0 unspecified atom stereocenters. The predicted octanol–water partition coefficient (Wildman–Crippen LogP) is 2.26. The number of carbonyl (C=O) groups excluding carboxylic acids is 1. The first kappa shape index (κ1) is 16.5. The molecule has 126 valence electrons. The minimum absolute atomic E-state index is 0.00748. The van der Waals surface area contributed by atoms with Crippen molar-refractivity contribution in [3.8, 4) is 0 Å². The van der Waals surface area contributed by atoms with Gasteiger partial charge in [0.1, 0.15) is 0 Å². The van der Waals surface area contributed by atoms with Gasteiger partial charge in [0, 0.05) is 6.54 Å². The van der Waals surface area contributed by atoms with E-state index in [0.717, 1.165) is 25.7 Å². The Balaban J connectivity index is 1.94. The number of amides is 1. The average molecular weight is 337 g/mol. The third-order valence-corrected chi connectivity index (χ3v) is 6.61. The van der Waals surface area contributed by atoms with Gasteiger partial charge in [-0.1, -0.05) is 31.9 Å². The molecular formula is C17H23NO4S. The summed E-state index contributed by atoms with van der Waals surface area (Å²) >= 11 is 0. The highest BCUT2D eigenvalue weighted by molar-refractivity contribution is 7.91. The van der Waals surface area contributed by atoms with Crippen molar-refractivity contribution in [3.63, 3.8) is 0 Å². The minimum Gasteiger partial charge on any atom is -0.374 e. The number of morpholine rings is 1. The number of fused-ring (bicyclic) bond motifs is 1. The summed E-state index contributed by atoms with van der Waals surface area (Å²) in [4.78, 5) is 15.0. The third kappa shape index (κ3) is 3.15. The van der Waals surface area contributed by atoms with E-state index in [1.165, 1.54) is 6.07 Å². The van der Waals surface area contributed by atoms with Crippen LogP contribution in [0.15, 0.2) is 29.2 Å². The standard InChI is InChI=1S/C17H23NO4S/c1-2-23(20,21)16-10-6-3-7-13(16)17(19)18-11-12-22-15-9-5-4-8-14(15)18/h3,6-7,10,14-15H,2,4-5,8-9,11-12H2,1H3/t14-,15-/m0/s1. The molecule has 2 atom stereocenters. The highest BCUT2D eigenvalue weighted by Crippen LogP contribution is 2.30. The summed E-state index contributed by atoms with van der Waals surface area (Å²) in [5.74, 6) is -0.190. The molecule has 1 saturated heterocycles. The lowest BCUT2D eigenvalue weighted by Crippen LogP contribution is -2.55. The lowest BCUT2D eigenvalue weighted by Gasteiger charge is -2.44. The van der Waals surface area contributed by atoms with Crippen molar-refractivity contribution in [1.82, 2.24) is 4.90 Å². The van der Waals surface area contributed by atoms with Gasteiger partial charge in [0.05, 0.1) is 35.0 Å². The fourth-order valence-corrected chi connectivity index (χ4v) is 4.66. The third-order valence-electron chi connectivity index (χ3n) is 4.83. The zero-order chi connectivity index (χ0) is 16.4. The van der Waals surface area contributed by atoms with E-state index in [1.54, 1.807) is 25.1 Å². The molecule has 0 spiro atoms. The molecule has 0 N–H and O–H groups in total. The number of ether oxygens (including phenoxy) is 1. The SMILES string of the molecule is CCS(=O)(=O)c1ccccc1C(=O)N1CCO[C@H]2CCCC[C@@H]21. The van der Waals surface area contributed by atoms with Crippen LogP contribution in [0.1, 0.15) is 43.0 Å². The van der Waals surface area contributed by atoms with Gasteiger partial charge in [-0.25, -0.2) is 8.42 Å². The van der Waals surface area contributed by atoms with Crippen molar-refractivity contribution < 1.29 is 17.9 Å². The van der Waals surface area contributed by atoms with Gasteiger partial charge >= 0.3 is 0 Å². The zero-order valence-electron chi connectivity index (χ0n) is 13.4. The highest BCUT2D eigenvalue weighted by atomic mass is 32.2. The van der Waals surface area contributed by atoms with Gasteiger partial charge in [-0.15, -0.1) is 0 Å². The van der Waals surface area contributed by atoms with Crippen molar-refractivity contribution in [2.24, 2.45) is 0 Å². The first-order valence-electron chi connectivity index (χ1n) is 8.29. The van der Waals surface area contributed by atoms with Gasteiger partial charge in [0.2, 0.25) is 0 Å². The van der Waals surface area contributed by atoms with E-state index in [-0.39, 0.29) is 28.7 Å². The fourth-order valence-electron chi connectivity index (χ4n) is 3.57. The van der Waals surface area contributed by atoms with Crippen LogP contribution in [-0.4, -0.2) is 50.3 Å². The Morgan fingerprint density at radius 3 is 2.78 bits per heavy atom. The van der Waals surface area contributed by atoms with Crippen molar-refractivity contribution in [3.05, 3.63) is 29.8 Å². The lowest BCUT2D eigenvalue weighted by atomic mass is 9.89. The molecule has 1 heterocycles. The average Bonchev–Trinajstić information content (AvgIpc) is 2.60. The maximum atomic E-state index is 13.0. The van der Waals surface area contributed by atoms with Crippen molar-refractivity contribution >= 4 is 15.7 Å². The normalized spacial score (nSPS) is 25.0. The van der Waals surface area contributed by atoms with E-state index in [2.05, 4.69) is 0 Å².